The molecular formula is C12H16N2O4. The molecule has 18 heavy (non-hydrogen) atoms. The van der Waals surface area contributed by atoms with Crippen molar-refractivity contribution < 1.29 is 19.8 Å². The average molecular weight is 252 g/mol. The van der Waals surface area contributed by atoms with Crippen LogP contribution in [0.5, 0.6) is 0 Å². The summed E-state index contributed by atoms with van der Waals surface area (Å²) < 4.78 is 0. The molecule has 0 unspecified atom stereocenters. The Balaban J connectivity index is 2.30. The molecule has 0 aliphatic rings. The van der Waals surface area contributed by atoms with Gasteiger partial charge in [-0.2, -0.15) is 0 Å². The van der Waals surface area contributed by atoms with E-state index in [2.05, 4.69) is 5.32 Å². The summed E-state index contributed by atoms with van der Waals surface area (Å²) in [7, 11) is 0. The molecule has 0 aliphatic carbocycles. The summed E-state index contributed by atoms with van der Waals surface area (Å²) in [5.74, 6) is -1.51. The highest BCUT2D eigenvalue weighted by atomic mass is 16.4. The number of amides is 1. The number of nitrogen functional groups attached to an aromatic ring is 1. The highest BCUT2D eigenvalue weighted by molar-refractivity contribution is 5.78. The van der Waals surface area contributed by atoms with E-state index in [1.165, 1.54) is 0 Å². The lowest BCUT2D eigenvalue weighted by molar-refractivity contribution is -0.147. The molecule has 1 amide bonds. The lowest BCUT2D eigenvalue weighted by atomic mass is 10.1. The summed E-state index contributed by atoms with van der Waals surface area (Å²) in [6, 6.07) is 6.91. The van der Waals surface area contributed by atoms with Crippen molar-refractivity contribution >= 4 is 17.6 Å². The Morgan fingerprint density at radius 2 is 1.89 bits per heavy atom. The van der Waals surface area contributed by atoms with E-state index in [9.17, 15) is 9.59 Å². The van der Waals surface area contributed by atoms with E-state index in [1.807, 2.05) is 0 Å². The number of aliphatic hydroxyl groups excluding tert-OH is 1. The average Bonchev–Trinajstić information content (AvgIpc) is 2.32. The van der Waals surface area contributed by atoms with Crippen molar-refractivity contribution in [3.63, 3.8) is 0 Å². The molecule has 0 fully saturated rings. The molecule has 1 atom stereocenters. The number of carboxylic acids is 1. The molecule has 6 heteroatoms. The third-order valence-electron chi connectivity index (χ3n) is 2.37. The van der Waals surface area contributed by atoms with Gasteiger partial charge >= 0.3 is 5.97 Å². The van der Waals surface area contributed by atoms with Gasteiger partial charge in [-0.3, -0.25) is 4.79 Å². The Hall–Kier alpha value is -2.08. The van der Waals surface area contributed by atoms with Gasteiger partial charge in [0.25, 0.3) is 0 Å². The number of aliphatic hydroxyl groups is 1. The van der Waals surface area contributed by atoms with Crippen molar-refractivity contribution in [1.82, 2.24) is 5.32 Å². The fraction of sp³-hybridized carbons (Fsp3) is 0.333. The van der Waals surface area contributed by atoms with Gasteiger partial charge in [-0.05, 0) is 17.7 Å². The fourth-order valence-electron chi connectivity index (χ4n) is 1.36. The molecule has 5 N–H and O–H groups in total. The second-order valence-electron chi connectivity index (χ2n) is 3.91. The molecule has 1 aromatic carbocycles. The molecule has 0 aromatic heterocycles. The highest BCUT2D eigenvalue weighted by Crippen LogP contribution is 2.05. The predicted molar refractivity (Wildman–Crippen MR) is 65.8 cm³/mol. The number of nitrogens with one attached hydrogen (secondary N) is 1. The monoisotopic (exact) mass is 252 g/mol. The van der Waals surface area contributed by atoms with E-state index >= 15 is 0 Å². The van der Waals surface area contributed by atoms with Crippen LogP contribution in [0.3, 0.4) is 0 Å². The van der Waals surface area contributed by atoms with E-state index in [4.69, 9.17) is 15.9 Å². The SMILES string of the molecule is Nc1ccc(CC(=O)NCC[C@H](O)C(=O)O)cc1. The topological polar surface area (TPSA) is 113 Å². The number of carboxylic acid groups (broad SMARTS) is 1. The third kappa shape index (κ3) is 4.84. The Bertz CT molecular complexity index is 417. The molecule has 1 rings (SSSR count). The molecule has 6 nitrogen and oxygen atoms in total. The van der Waals surface area contributed by atoms with Gasteiger partial charge in [0.15, 0.2) is 6.10 Å². The molecule has 0 aliphatic heterocycles. The number of carbonyl (C=O) groups excluding carboxylic acids is 1. The second kappa shape index (κ2) is 6.61. The van der Waals surface area contributed by atoms with Crippen molar-refractivity contribution in [2.24, 2.45) is 0 Å². The zero-order chi connectivity index (χ0) is 13.5. The first-order chi connectivity index (χ1) is 8.49. The zero-order valence-corrected chi connectivity index (χ0v) is 9.80. The van der Waals surface area contributed by atoms with Crippen LogP contribution >= 0.6 is 0 Å². The van der Waals surface area contributed by atoms with Crippen molar-refractivity contribution in [2.75, 3.05) is 12.3 Å². The summed E-state index contributed by atoms with van der Waals surface area (Å²) in [5, 5.41) is 20.0. The minimum absolute atomic E-state index is 0.0111. The van der Waals surface area contributed by atoms with E-state index in [-0.39, 0.29) is 25.3 Å². The summed E-state index contributed by atoms with van der Waals surface area (Å²) in [6.07, 6.45) is -1.26. The van der Waals surface area contributed by atoms with Gasteiger partial charge in [0, 0.05) is 18.7 Å². The Morgan fingerprint density at radius 1 is 1.28 bits per heavy atom. The largest absolute Gasteiger partial charge is 0.479 e. The molecular weight excluding hydrogens is 236 g/mol. The minimum Gasteiger partial charge on any atom is -0.479 e. The summed E-state index contributed by atoms with van der Waals surface area (Å²) >= 11 is 0. The first kappa shape index (κ1) is 14.0. The normalized spacial score (nSPS) is 11.8. The first-order valence-corrected chi connectivity index (χ1v) is 5.51. The quantitative estimate of drug-likeness (QED) is 0.522. The van der Waals surface area contributed by atoms with Crippen LogP contribution in [0.25, 0.3) is 0 Å². The van der Waals surface area contributed by atoms with Crippen LogP contribution in [-0.4, -0.2) is 34.7 Å². The van der Waals surface area contributed by atoms with Crippen LogP contribution in [0.4, 0.5) is 5.69 Å². The maximum Gasteiger partial charge on any atom is 0.332 e. The maximum absolute atomic E-state index is 11.5. The molecule has 0 radical (unpaired) electrons. The van der Waals surface area contributed by atoms with Gasteiger partial charge in [0.05, 0.1) is 6.42 Å². The Morgan fingerprint density at radius 3 is 2.44 bits per heavy atom. The third-order valence-corrected chi connectivity index (χ3v) is 2.37. The summed E-state index contributed by atoms with van der Waals surface area (Å²) in [5.41, 5.74) is 6.96. The van der Waals surface area contributed by atoms with Crippen LogP contribution in [0.2, 0.25) is 0 Å². The molecule has 0 bridgehead atoms. The number of rotatable bonds is 6. The number of hydrogen-bond acceptors (Lipinski definition) is 4. The zero-order valence-electron chi connectivity index (χ0n) is 9.80. The van der Waals surface area contributed by atoms with Crippen molar-refractivity contribution in [3.05, 3.63) is 29.8 Å². The number of nitrogens with two attached hydrogens (primary N) is 1. The van der Waals surface area contributed by atoms with Gasteiger partial charge in [-0.25, -0.2) is 4.79 Å². The lowest BCUT2D eigenvalue weighted by Gasteiger charge is -2.07. The van der Waals surface area contributed by atoms with Gasteiger partial charge < -0.3 is 21.3 Å². The van der Waals surface area contributed by atoms with Crippen LogP contribution in [-0.2, 0) is 16.0 Å². The molecule has 0 heterocycles. The van der Waals surface area contributed by atoms with Gasteiger partial charge in [0.2, 0.25) is 5.91 Å². The summed E-state index contributed by atoms with van der Waals surface area (Å²) in [6.45, 7) is 0.126. The fourth-order valence-corrected chi connectivity index (χ4v) is 1.36. The summed E-state index contributed by atoms with van der Waals surface area (Å²) in [4.78, 5) is 21.8. The molecule has 1 aromatic rings. The maximum atomic E-state index is 11.5. The van der Waals surface area contributed by atoms with Crippen molar-refractivity contribution in [3.8, 4) is 0 Å². The van der Waals surface area contributed by atoms with Gasteiger partial charge in [0.1, 0.15) is 0 Å². The number of carbonyl (C=O) groups is 2. The van der Waals surface area contributed by atoms with E-state index in [0.29, 0.717) is 5.69 Å². The second-order valence-corrected chi connectivity index (χ2v) is 3.91. The van der Waals surface area contributed by atoms with E-state index < -0.39 is 12.1 Å². The van der Waals surface area contributed by atoms with Gasteiger partial charge in [-0.15, -0.1) is 0 Å². The van der Waals surface area contributed by atoms with Crippen LogP contribution < -0.4 is 11.1 Å². The van der Waals surface area contributed by atoms with Crippen LogP contribution in [0, 0.1) is 0 Å². The van der Waals surface area contributed by atoms with Crippen LogP contribution in [0.1, 0.15) is 12.0 Å². The number of hydrogen-bond donors (Lipinski definition) is 4. The van der Waals surface area contributed by atoms with Crippen LogP contribution in [0.15, 0.2) is 24.3 Å². The Kier molecular flexibility index (Phi) is 5.13. The first-order valence-electron chi connectivity index (χ1n) is 5.51. The highest BCUT2D eigenvalue weighted by Gasteiger charge is 2.12. The number of anilines is 1. The van der Waals surface area contributed by atoms with E-state index in [0.717, 1.165) is 5.56 Å². The van der Waals surface area contributed by atoms with Gasteiger partial charge in [-0.1, -0.05) is 12.1 Å². The molecule has 0 spiro atoms. The standard InChI is InChI=1S/C12H16N2O4/c13-9-3-1-8(2-4-9)7-11(16)14-6-5-10(15)12(17)18/h1-4,10,15H,5-7,13H2,(H,14,16)(H,17,18)/t10-/m0/s1. The predicted octanol–water partition coefficient (Wildman–Crippen LogP) is -0.237. The Labute approximate surface area is 104 Å². The molecule has 0 saturated carbocycles. The van der Waals surface area contributed by atoms with Crippen molar-refractivity contribution in [1.29, 1.82) is 0 Å². The van der Waals surface area contributed by atoms with Crippen molar-refractivity contribution in [2.45, 2.75) is 18.9 Å². The molecule has 0 saturated heterocycles. The van der Waals surface area contributed by atoms with E-state index in [1.54, 1.807) is 24.3 Å². The molecule has 98 valence electrons. The smallest absolute Gasteiger partial charge is 0.332 e. The lowest BCUT2D eigenvalue weighted by Crippen LogP contribution is -2.30. The number of benzene rings is 1. The number of aliphatic carboxylic acids is 1. The minimum atomic E-state index is -1.44.